The van der Waals surface area contributed by atoms with Crippen LogP contribution in [0.4, 0.5) is 5.82 Å². The highest BCUT2D eigenvalue weighted by atomic mass is 32.2. The molecule has 0 aliphatic rings. The van der Waals surface area contributed by atoms with Crippen molar-refractivity contribution in [2.45, 2.75) is 11.7 Å². The summed E-state index contributed by atoms with van der Waals surface area (Å²) in [5, 5.41) is 17.8. The molecule has 0 aliphatic heterocycles. The summed E-state index contributed by atoms with van der Waals surface area (Å²) in [5.41, 5.74) is 0.867. The van der Waals surface area contributed by atoms with Crippen LogP contribution in [0, 0.1) is 0 Å². The van der Waals surface area contributed by atoms with E-state index in [1.54, 1.807) is 28.3 Å². The Bertz CT molecular complexity index is 1060. The predicted molar refractivity (Wildman–Crippen MR) is 111 cm³/mol. The maximum Gasteiger partial charge on any atom is 0.235 e. The lowest BCUT2D eigenvalue weighted by Crippen LogP contribution is -2.18. The molecule has 3 heterocycles. The Morgan fingerprint density at radius 3 is 2.79 bits per heavy atom. The summed E-state index contributed by atoms with van der Waals surface area (Å²) in [7, 11) is 0. The molecule has 3 aromatic heterocycles. The molecule has 0 fully saturated rings. The number of hydrogen-bond donors (Lipinski definition) is 2. The molecule has 3 N–H and O–H groups in total. The largest absolute Gasteiger partial charge is 0.335 e. The minimum atomic E-state index is -0.165. The van der Waals surface area contributed by atoms with Gasteiger partial charge in [0.25, 0.3) is 0 Å². The van der Waals surface area contributed by atoms with Crippen molar-refractivity contribution in [3.8, 4) is 11.4 Å². The number of nitrogens with two attached hydrogens (primary N) is 1. The van der Waals surface area contributed by atoms with E-state index < -0.39 is 0 Å². The van der Waals surface area contributed by atoms with Gasteiger partial charge in [-0.25, -0.2) is 9.36 Å². The number of aromatic nitrogens is 5. The number of thiophene rings is 1. The molecule has 28 heavy (non-hydrogen) atoms. The Balaban J connectivity index is 1.37. The topological polar surface area (TPSA) is 104 Å². The van der Waals surface area contributed by atoms with Crippen LogP contribution in [-0.2, 0) is 11.3 Å². The van der Waals surface area contributed by atoms with Gasteiger partial charge in [0, 0.05) is 16.5 Å². The number of benzene rings is 1. The lowest BCUT2D eigenvalue weighted by atomic mass is 10.2. The Hall–Kier alpha value is -3.11. The summed E-state index contributed by atoms with van der Waals surface area (Å²) in [6, 6.07) is 15.3. The molecule has 0 bridgehead atoms. The van der Waals surface area contributed by atoms with Crippen molar-refractivity contribution in [1.29, 1.82) is 0 Å². The average molecular weight is 412 g/mol. The zero-order valence-corrected chi connectivity index (χ0v) is 16.4. The van der Waals surface area contributed by atoms with Crippen molar-refractivity contribution in [1.82, 2.24) is 24.7 Å². The van der Waals surface area contributed by atoms with Gasteiger partial charge in [-0.1, -0.05) is 48.2 Å². The highest BCUT2D eigenvalue weighted by Crippen LogP contribution is 2.21. The van der Waals surface area contributed by atoms with Crippen LogP contribution in [0.25, 0.3) is 11.4 Å². The lowest BCUT2D eigenvalue weighted by molar-refractivity contribution is -0.113. The fourth-order valence-corrected chi connectivity index (χ4v) is 3.93. The van der Waals surface area contributed by atoms with Gasteiger partial charge < -0.3 is 11.2 Å². The molecule has 4 rings (SSSR count). The van der Waals surface area contributed by atoms with E-state index in [0.717, 1.165) is 5.56 Å². The van der Waals surface area contributed by atoms with E-state index in [2.05, 4.69) is 20.6 Å². The number of amides is 1. The summed E-state index contributed by atoms with van der Waals surface area (Å²) < 4.78 is 3.15. The number of thioether (sulfide) groups is 1. The summed E-state index contributed by atoms with van der Waals surface area (Å²) in [5.74, 6) is 7.28. The van der Waals surface area contributed by atoms with Crippen LogP contribution in [0.3, 0.4) is 0 Å². The number of hydrogen-bond acceptors (Lipinski definition) is 7. The molecule has 0 saturated carbocycles. The first-order valence-corrected chi connectivity index (χ1v) is 10.3. The van der Waals surface area contributed by atoms with Crippen LogP contribution < -0.4 is 11.2 Å². The smallest absolute Gasteiger partial charge is 0.235 e. The zero-order valence-electron chi connectivity index (χ0n) is 14.7. The summed E-state index contributed by atoms with van der Waals surface area (Å²) >= 11 is 2.88. The van der Waals surface area contributed by atoms with E-state index in [4.69, 9.17) is 5.84 Å². The monoisotopic (exact) mass is 411 g/mol. The summed E-state index contributed by atoms with van der Waals surface area (Å²) in [6.07, 6.45) is 1.67. The highest BCUT2D eigenvalue weighted by Gasteiger charge is 2.14. The third-order valence-electron chi connectivity index (χ3n) is 3.90. The van der Waals surface area contributed by atoms with Gasteiger partial charge >= 0.3 is 0 Å². The summed E-state index contributed by atoms with van der Waals surface area (Å²) in [4.78, 5) is 13.5. The van der Waals surface area contributed by atoms with Crippen LogP contribution in [0.5, 0.6) is 0 Å². The van der Waals surface area contributed by atoms with Gasteiger partial charge in [0.15, 0.2) is 5.82 Å². The molecule has 0 spiro atoms. The van der Waals surface area contributed by atoms with Gasteiger partial charge in [-0.2, -0.15) is 5.10 Å². The van der Waals surface area contributed by atoms with E-state index in [9.17, 15) is 4.79 Å². The molecule has 4 aromatic rings. The first kappa shape index (κ1) is 18.3. The highest BCUT2D eigenvalue weighted by molar-refractivity contribution is 7.99. The SMILES string of the molecule is Nn1c(SCC(=O)Nc2ccnn2Cc2cccs2)nnc1-c1ccccc1. The normalized spacial score (nSPS) is 10.9. The molecular weight excluding hydrogens is 394 g/mol. The number of nitrogens with one attached hydrogen (secondary N) is 1. The van der Waals surface area contributed by atoms with Crippen molar-refractivity contribution in [2.24, 2.45) is 0 Å². The lowest BCUT2D eigenvalue weighted by Gasteiger charge is -2.08. The predicted octanol–water partition coefficient (Wildman–Crippen LogP) is 2.70. The van der Waals surface area contributed by atoms with Crippen molar-refractivity contribution in [3.05, 3.63) is 65.0 Å². The molecule has 0 saturated heterocycles. The van der Waals surface area contributed by atoms with E-state index in [1.165, 1.54) is 21.3 Å². The molecule has 0 unspecified atom stereocenters. The molecule has 1 amide bonds. The van der Waals surface area contributed by atoms with Gasteiger partial charge in [0.2, 0.25) is 11.1 Å². The van der Waals surface area contributed by atoms with Crippen LogP contribution in [0.2, 0.25) is 0 Å². The average Bonchev–Trinajstić information content (AvgIpc) is 3.44. The standard InChI is InChI=1S/C18H17N7OS2/c19-25-17(13-5-2-1-3-6-13)22-23-18(25)28-12-16(26)21-15-8-9-20-24(15)11-14-7-4-10-27-14/h1-10H,11-12,19H2,(H,21,26). The number of carbonyl (C=O) groups excluding carboxylic acids is 1. The van der Waals surface area contributed by atoms with E-state index in [1.807, 2.05) is 47.8 Å². The van der Waals surface area contributed by atoms with Crippen molar-refractivity contribution < 1.29 is 4.79 Å². The van der Waals surface area contributed by atoms with Crippen molar-refractivity contribution in [2.75, 3.05) is 16.9 Å². The van der Waals surface area contributed by atoms with Gasteiger partial charge in [-0.3, -0.25) is 4.79 Å². The van der Waals surface area contributed by atoms with Gasteiger partial charge in [0.1, 0.15) is 5.82 Å². The van der Waals surface area contributed by atoms with Gasteiger partial charge in [-0.15, -0.1) is 21.5 Å². The van der Waals surface area contributed by atoms with Gasteiger partial charge in [0.05, 0.1) is 18.5 Å². The number of nitrogen functional groups attached to an aromatic ring is 1. The first-order valence-electron chi connectivity index (χ1n) is 8.43. The maximum atomic E-state index is 12.4. The third-order valence-corrected chi connectivity index (χ3v) is 5.70. The number of rotatable bonds is 7. The van der Waals surface area contributed by atoms with E-state index >= 15 is 0 Å². The van der Waals surface area contributed by atoms with Crippen molar-refractivity contribution in [3.63, 3.8) is 0 Å². The number of nitrogens with zero attached hydrogens (tertiary/aromatic N) is 5. The van der Waals surface area contributed by atoms with Crippen molar-refractivity contribution >= 4 is 34.8 Å². The number of carbonyl (C=O) groups is 1. The second kappa shape index (κ2) is 8.28. The van der Waals surface area contributed by atoms with E-state index in [-0.39, 0.29) is 11.7 Å². The molecule has 1 aromatic carbocycles. The molecule has 0 radical (unpaired) electrons. The summed E-state index contributed by atoms with van der Waals surface area (Å²) in [6.45, 7) is 0.616. The fourth-order valence-electron chi connectivity index (χ4n) is 2.58. The minimum absolute atomic E-state index is 0.161. The Labute approximate surface area is 169 Å². The number of anilines is 1. The quantitative estimate of drug-likeness (QED) is 0.358. The van der Waals surface area contributed by atoms with Gasteiger partial charge in [-0.05, 0) is 11.4 Å². The second-order valence-corrected chi connectivity index (χ2v) is 7.81. The third kappa shape index (κ3) is 4.07. The molecule has 8 nitrogen and oxygen atoms in total. The Morgan fingerprint density at radius 2 is 2.00 bits per heavy atom. The van der Waals surface area contributed by atoms with Crippen LogP contribution in [-0.4, -0.2) is 36.3 Å². The molecule has 10 heteroatoms. The second-order valence-electron chi connectivity index (χ2n) is 5.83. The van der Waals surface area contributed by atoms with Crippen LogP contribution >= 0.6 is 23.1 Å². The molecule has 0 aliphatic carbocycles. The van der Waals surface area contributed by atoms with E-state index in [0.29, 0.717) is 23.3 Å². The zero-order chi connectivity index (χ0) is 19.3. The Morgan fingerprint density at radius 1 is 1.14 bits per heavy atom. The van der Waals surface area contributed by atoms with Crippen LogP contribution in [0.15, 0.2) is 65.3 Å². The molecule has 142 valence electrons. The van der Waals surface area contributed by atoms with Crippen LogP contribution in [0.1, 0.15) is 4.88 Å². The Kier molecular flexibility index (Phi) is 5.40. The molecule has 0 atom stereocenters. The minimum Gasteiger partial charge on any atom is -0.335 e. The maximum absolute atomic E-state index is 12.4. The first-order chi connectivity index (χ1) is 13.7. The molecular formula is C18H17N7OS2. The fraction of sp³-hybridized carbons (Fsp3) is 0.111.